The van der Waals surface area contributed by atoms with Crippen molar-refractivity contribution in [3.8, 4) is 0 Å². The molecule has 1 unspecified atom stereocenters. The molecule has 0 bridgehead atoms. The Morgan fingerprint density at radius 2 is 1.85 bits per heavy atom. The smallest absolute Gasteiger partial charge is 0.304 e. The van der Waals surface area contributed by atoms with Gasteiger partial charge in [0.25, 0.3) is 5.91 Å². The number of hydrogen-bond donors (Lipinski definition) is 1. The van der Waals surface area contributed by atoms with Gasteiger partial charge in [-0.2, -0.15) is 0 Å². The summed E-state index contributed by atoms with van der Waals surface area (Å²) in [6, 6.07) is -0.395. The van der Waals surface area contributed by atoms with E-state index in [2.05, 4.69) is 12.6 Å². The lowest BCUT2D eigenvalue weighted by Crippen LogP contribution is -2.40. The monoisotopic (exact) mass is 202 g/mol. The molecule has 0 aliphatic carbocycles. The third-order valence-electron chi connectivity index (χ3n) is 2.29. The first-order valence-corrected chi connectivity index (χ1v) is 4.58. The highest BCUT2D eigenvalue weighted by Gasteiger charge is 2.51. The Morgan fingerprint density at radius 1 is 1.38 bits per heavy atom. The van der Waals surface area contributed by atoms with E-state index >= 15 is 0 Å². The van der Waals surface area contributed by atoms with E-state index in [1.807, 2.05) is 0 Å². The van der Waals surface area contributed by atoms with Gasteiger partial charge in [0.05, 0.1) is 0 Å². The minimum Gasteiger partial charge on any atom is -0.304 e. The number of carbonyl (C=O) groups is 2. The third kappa shape index (κ3) is 1.31. The lowest BCUT2D eigenvalue weighted by molar-refractivity contribution is -0.129. The molecule has 0 aromatic rings. The van der Waals surface area contributed by atoms with Crippen LogP contribution in [0.5, 0.6) is 0 Å². The summed E-state index contributed by atoms with van der Waals surface area (Å²) in [7, 11) is 1.58. The second kappa shape index (κ2) is 2.90. The summed E-state index contributed by atoms with van der Waals surface area (Å²) in [5.41, 5.74) is 0. The molecule has 5 heteroatoms. The van der Waals surface area contributed by atoms with Gasteiger partial charge in [0.2, 0.25) is 0 Å². The summed E-state index contributed by atoms with van der Waals surface area (Å²) in [5.74, 6) is -0.252. The van der Waals surface area contributed by atoms with E-state index in [4.69, 9.17) is 0 Å². The highest BCUT2D eigenvalue weighted by molar-refractivity contribution is 7.82. The molecule has 1 rings (SSSR count). The van der Waals surface area contributed by atoms with Gasteiger partial charge >= 0.3 is 6.03 Å². The topological polar surface area (TPSA) is 40.6 Å². The van der Waals surface area contributed by atoms with Gasteiger partial charge in [-0.15, -0.1) is 12.6 Å². The number of nitrogens with zero attached hydrogens (tertiary/aromatic N) is 2. The predicted octanol–water partition coefficient (Wildman–Crippen LogP) is 0.935. The Labute approximate surface area is 83.3 Å². The van der Waals surface area contributed by atoms with Crippen LogP contribution in [0, 0.1) is 0 Å². The van der Waals surface area contributed by atoms with Crippen molar-refractivity contribution >= 4 is 24.6 Å². The van der Waals surface area contributed by atoms with Crippen LogP contribution in [0.1, 0.15) is 20.8 Å². The van der Waals surface area contributed by atoms with Crippen LogP contribution in [0.25, 0.3) is 0 Å². The van der Waals surface area contributed by atoms with Crippen LogP contribution in [-0.2, 0) is 4.79 Å². The van der Waals surface area contributed by atoms with Crippen LogP contribution in [0.4, 0.5) is 4.79 Å². The Hall–Kier alpha value is -0.710. The van der Waals surface area contributed by atoms with Crippen molar-refractivity contribution in [2.45, 2.75) is 31.7 Å². The predicted molar refractivity (Wildman–Crippen MR) is 52.5 cm³/mol. The van der Waals surface area contributed by atoms with Crippen molar-refractivity contribution in [2.75, 3.05) is 7.05 Å². The summed E-state index contributed by atoms with van der Waals surface area (Å²) >= 11 is 4.17. The largest absolute Gasteiger partial charge is 0.328 e. The van der Waals surface area contributed by atoms with Crippen molar-refractivity contribution < 1.29 is 9.59 Å². The zero-order valence-corrected chi connectivity index (χ0v) is 9.13. The van der Waals surface area contributed by atoms with Gasteiger partial charge in [-0.05, 0) is 20.8 Å². The van der Waals surface area contributed by atoms with Crippen LogP contribution in [0.15, 0.2) is 0 Å². The number of likely N-dealkylation sites (N-methyl/N-ethyl adjacent to an activating group) is 1. The van der Waals surface area contributed by atoms with Crippen molar-refractivity contribution in [2.24, 2.45) is 0 Å². The fourth-order valence-electron chi connectivity index (χ4n) is 1.26. The molecule has 0 radical (unpaired) electrons. The zero-order chi connectivity index (χ0) is 10.4. The number of thiol groups is 1. The number of rotatable bonds is 1. The fourth-order valence-corrected chi connectivity index (χ4v) is 1.46. The summed E-state index contributed by atoms with van der Waals surface area (Å²) in [5, 5.41) is 0. The average Bonchev–Trinajstić information content (AvgIpc) is 2.14. The molecule has 1 saturated heterocycles. The first kappa shape index (κ1) is 10.4. The number of hydrogen-bond acceptors (Lipinski definition) is 3. The molecule has 13 heavy (non-hydrogen) atoms. The summed E-state index contributed by atoms with van der Waals surface area (Å²) < 4.78 is 0. The Bertz CT molecular complexity index is 263. The molecule has 1 aliphatic heterocycles. The molecular formula is C8H14N2O2S. The highest BCUT2D eigenvalue weighted by atomic mass is 32.1. The number of carbonyl (C=O) groups excluding carboxylic acids is 2. The quantitative estimate of drug-likeness (QED) is 0.507. The van der Waals surface area contributed by atoms with Gasteiger partial charge in [-0.25, -0.2) is 4.79 Å². The summed E-state index contributed by atoms with van der Waals surface area (Å²) in [6.45, 7) is 5.23. The van der Waals surface area contributed by atoms with E-state index in [0.717, 1.165) is 0 Å². The molecule has 0 N–H and O–H groups in total. The fraction of sp³-hybridized carbons (Fsp3) is 0.750. The lowest BCUT2D eigenvalue weighted by atomic mass is 10.3. The molecule has 1 fully saturated rings. The van der Waals surface area contributed by atoms with E-state index in [-0.39, 0.29) is 18.0 Å². The van der Waals surface area contributed by atoms with Crippen LogP contribution in [-0.4, -0.2) is 39.7 Å². The third-order valence-corrected chi connectivity index (χ3v) is 2.78. The molecule has 1 aliphatic rings. The molecule has 4 nitrogen and oxygen atoms in total. The first-order chi connectivity index (χ1) is 5.80. The van der Waals surface area contributed by atoms with E-state index in [1.54, 1.807) is 27.8 Å². The van der Waals surface area contributed by atoms with Gasteiger partial charge in [0.1, 0.15) is 0 Å². The van der Waals surface area contributed by atoms with Crippen LogP contribution >= 0.6 is 12.6 Å². The number of urea groups is 1. The molecule has 3 amide bonds. The molecule has 0 aromatic heterocycles. The van der Waals surface area contributed by atoms with E-state index in [9.17, 15) is 9.59 Å². The van der Waals surface area contributed by atoms with Crippen molar-refractivity contribution in [3.63, 3.8) is 0 Å². The average molecular weight is 202 g/mol. The molecule has 0 spiro atoms. The lowest BCUT2D eigenvalue weighted by Gasteiger charge is -2.21. The van der Waals surface area contributed by atoms with Gasteiger partial charge < -0.3 is 4.90 Å². The maximum atomic E-state index is 11.7. The van der Waals surface area contributed by atoms with Crippen molar-refractivity contribution in [1.82, 2.24) is 9.80 Å². The van der Waals surface area contributed by atoms with Crippen molar-refractivity contribution in [1.29, 1.82) is 0 Å². The van der Waals surface area contributed by atoms with Crippen molar-refractivity contribution in [3.05, 3.63) is 0 Å². The van der Waals surface area contributed by atoms with Gasteiger partial charge in [0.15, 0.2) is 4.87 Å². The minimum atomic E-state index is -0.999. The maximum Gasteiger partial charge on any atom is 0.328 e. The molecule has 0 saturated carbocycles. The van der Waals surface area contributed by atoms with Gasteiger partial charge in [0, 0.05) is 13.1 Å². The zero-order valence-electron chi connectivity index (χ0n) is 8.24. The maximum absolute atomic E-state index is 11.7. The molecule has 1 heterocycles. The van der Waals surface area contributed by atoms with E-state index in [0.29, 0.717) is 0 Å². The number of imide groups is 1. The van der Waals surface area contributed by atoms with E-state index < -0.39 is 4.87 Å². The van der Waals surface area contributed by atoms with Gasteiger partial charge in [-0.1, -0.05) is 0 Å². The molecule has 1 atom stereocenters. The Kier molecular flexibility index (Phi) is 2.32. The SMILES string of the molecule is CC(C)N1C(=O)N(C)C(C)(S)C1=O. The summed E-state index contributed by atoms with van der Waals surface area (Å²) in [6.07, 6.45) is 0. The standard InChI is InChI=1S/C8H14N2O2S/c1-5(2)10-6(11)8(3,13)9(4)7(10)12/h5,13H,1-4H3. The van der Waals surface area contributed by atoms with E-state index in [1.165, 1.54) is 9.80 Å². The second-order valence-corrected chi connectivity index (χ2v) is 4.50. The molecule has 0 aromatic carbocycles. The first-order valence-electron chi connectivity index (χ1n) is 4.14. The second-order valence-electron chi connectivity index (χ2n) is 3.63. The van der Waals surface area contributed by atoms with Crippen LogP contribution in [0.3, 0.4) is 0 Å². The molecular weight excluding hydrogens is 188 g/mol. The summed E-state index contributed by atoms with van der Waals surface area (Å²) in [4.78, 5) is 24.8. The highest BCUT2D eigenvalue weighted by Crippen LogP contribution is 2.30. The van der Waals surface area contributed by atoms with Crippen LogP contribution < -0.4 is 0 Å². The number of amides is 3. The Morgan fingerprint density at radius 3 is 2.00 bits per heavy atom. The normalized spacial score (nSPS) is 29.4. The Balaban J connectivity index is 3.06. The van der Waals surface area contributed by atoms with Crippen LogP contribution in [0.2, 0.25) is 0 Å². The van der Waals surface area contributed by atoms with Gasteiger partial charge in [-0.3, -0.25) is 9.69 Å². The minimum absolute atomic E-state index is 0.114. The molecule has 74 valence electrons.